The molecule has 0 atom stereocenters. The van der Waals surface area contributed by atoms with E-state index in [0.717, 1.165) is 50.8 Å². The molecule has 2 rings (SSSR count). The normalized spacial score (nSPS) is 17.0. The van der Waals surface area contributed by atoms with Crippen LogP contribution >= 0.6 is 0 Å². The first kappa shape index (κ1) is 33.0. The highest BCUT2D eigenvalue weighted by Gasteiger charge is 2.15. The van der Waals surface area contributed by atoms with Crippen LogP contribution < -0.4 is 5.32 Å². The van der Waals surface area contributed by atoms with Crippen LogP contribution in [0.25, 0.3) is 0 Å². The zero-order chi connectivity index (χ0) is 24.5. The molecular formula is C26H55N3O3. The molecular weight excluding hydrogens is 402 g/mol. The van der Waals surface area contributed by atoms with E-state index in [2.05, 4.69) is 37.9 Å². The van der Waals surface area contributed by atoms with Crippen LogP contribution in [0.2, 0.25) is 0 Å². The van der Waals surface area contributed by atoms with Crippen molar-refractivity contribution < 1.29 is 14.3 Å². The zero-order valence-electron chi connectivity index (χ0n) is 22.2. The molecule has 1 N–H and O–H groups in total. The van der Waals surface area contributed by atoms with E-state index < -0.39 is 0 Å². The highest BCUT2D eigenvalue weighted by atomic mass is 16.5. The molecule has 32 heavy (non-hydrogen) atoms. The van der Waals surface area contributed by atoms with Gasteiger partial charge in [0.1, 0.15) is 0 Å². The van der Waals surface area contributed by atoms with Crippen molar-refractivity contribution in [3.05, 3.63) is 0 Å². The van der Waals surface area contributed by atoms with Gasteiger partial charge >= 0.3 is 0 Å². The van der Waals surface area contributed by atoms with Gasteiger partial charge in [-0.1, -0.05) is 54.4 Å². The number of nitrogens with one attached hydrogen (secondary N) is 1. The van der Waals surface area contributed by atoms with Crippen LogP contribution in [0.1, 0.15) is 92.9 Å². The van der Waals surface area contributed by atoms with Crippen molar-refractivity contribution in [1.29, 1.82) is 0 Å². The molecule has 0 bridgehead atoms. The van der Waals surface area contributed by atoms with Crippen LogP contribution in [0.3, 0.4) is 0 Å². The van der Waals surface area contributed by atoms with Gasteiger partial charge in [0.15, 0.2) is 0 Å². The first-order chi connectivity index (χ1) is 15.6. The number of rotatable bonds is 11. The highest BCUT2D eigenvalue weighted by molar-refractivity contribution is 5.47. The second-order valence-electron chi connectivity index (χ2n) is 8.56. The molecule has 0 spiro atoms. The average molecular weight is 458 g/mol. The van der Waals surface area contributed by atoms with Crippen molar-refractivity contribution in [3.8, 4) is 0 Å². The SMILES string of the molecule is CC.CCC1CCN(C=O)CC1.CCCCOCCNC=O.CCCN1CCC(C)CC1. The van der Waals surface area contributed by atoms with Crippen molar-refractivity contribution in [2.24, 2.45) is 11.8 Å². The molecule has 2 amide bonds. The standard InChI is InChI=1S/C9H19N.C8H15NO.C7H15NO2.C2H6/c1-3-6-10-7-4-9(2)5-8-10;1-2-8-3-5-9(7-10)6-4-8;1-2-3-5-10-6-4-8-7-9;1-2/h9H,3-8H2,1-2H3;7-8H,2-6H2,1H3;7H,2-6H2,1H3,(H,8,9);1-2H3. The van der Waals surface area contributed by atoms with E-state index in [0.29, 0.717) is 19.6 Å². The number of nitrogens with zero attached hydrogens (tertiary/aromatic N) is 2. The summed E-state index contributed by atoms with van der Waals surface area (Å²) in [5, 5.41) is 2.52. The number of hydrogen-bond donors (Lipinski definition) is 1. The van der Waals surface area contributed by atoms with Crippen molar-refractivity contribution >= 4 is 12.8 Å². The first-order valence-corrected chi connectivity index (χ1v) is 13.3. The molecule has 2 fully saturated rings. The van der Waals surface area contributed by atoms with Gasteiger partial charge in [-0.05, 0) is 70.0 Å². The third kappa shape index (κ3) is 20.7. The van der Waals surface area contributed by atoms with E-state index in [9.17, 15) is 9.59 Å². The molecule has 0 aromatic carbocycles. The molecule has 0 aliphatic carbocycles. The molecule has 192 valence electrons. The molecule has 0 aromatic rings. The molecule has 2 aliphatic heterocycles. The Labute approximate surface area is 199 Å². The Hall–Kier alpha value is -1.14. The van der Waals surface area contributed by atoms with Crippen LogP contribution in [0.5, 0.6) is 0 Å². The maximum Gasteiger partial charge on any atom is 0.209 e. The largest absolute Gasteiger partial charge is 0.380 e. The fourth-order valence-electron chi connectivity index (χ4n) is 3.61. The summed E-state index contributed by atoms with van der Waals surface area (Å²) in [5.41, 5.74) is 0. The monoisotopic (exact) mass is 457 g/mol. The number of amides is 2. The maximum absolute atomic E-state index is 10.3. The molecule has 0 radical (unpaired) electrons. The Morgan fingerprint density at radius 3 is 2.00 bits per heavy atom. The predicted octanol–water partition coefficient (Wildman–Crippen LogP) is 4.97. The Bertz CT molecular complexity index is 381. The molecule has 0 unspecified atom stereocenters. The highest BCUT2D eigenvalue weighted by Crippen LogP contribution is 2.18. The third-order valence-corrected chi connectivity index (χ3v) is 5.91. The second kappa shape index (κ2) is 26.1. The summed E-state index contributed by atoms with van der Waals surface area (Å²) >= 11 is 0. The van der Waals surface area contributed by atoms with Gasteiger partial charge in [0, 0.05) is 26.2 Å². The number of hydrogen-bond acceptors (Lipinski definition) is 4. The number of carbonyl (C=O) groups excluding carboxylic acids is 2. The van der Waals surface area contributed by atoms with Crippen LogP contribution in [0, 0.1) is 11.8 Å². The Morgan fingerprint density at radius 2 is 1.53 bits per heavy atom. The van der Waals surface area contributed by atoms with E-state index in [-0.39, 0.29) is 0 Å². The summed E-state index contributed by atoms with van der Waals surface area (Å²) in [4.78, 5) is 24.5. The molecule has 2 saturated heterocycles. The first-order valence-electron chi connectivity index (χ1n) is 13.3. The average Bonchev–Trinajstić information content (AvgIpc) is 2.85. The number of piperidine rings is 2. The van der Waals surface area contributed by atoms with Crippen molar-refractivity contribution in [2.75, 3.05) is 52.5 Å². The summed E-state index contributed by atoms with van der Waals surface area (Å²) in [6.45, 7) is 21.0. The van der Waals surface area contributed by atoms with Crippen LogP contribution in [-0.2, 0) is 14.3 Å². The minimum absolute atomic E-state index is 0.618. The van der Waals surface area contributed by atoms with Crippen LogP contribution in [0.4, 0.5) is 0 Å². The lowest BCUT2D eigenvalue weighted by molar-refractivity contribution is -0.119. The van der Waals surface area contributed by atoms with Gasteiger partial charge in [-0.2, -0.15) is 0 Å². The lowest BCUT2D eigenvalue weighted by Crippen LogP contribution is -2.33. The van der Waals surface area contributed by atoms with Crippen molar-refractivity contribution in [1.82, 2.24) is 15.1 Å². The third-order valence-electron chi connectivity index (χ3n) is 5.91. The van der Waals surface area contributed by atoms with Gasteiger partial charge in [0.25, 0.3) is 0 Å². The summed E-state index contributed by atoms with van der Waals surface area (Å²) in [6, 6.07) is 0. The molecule has 0 saturated carbocycles. The second-order valence-corrected chi connectivity index (χ2v) is 8.56. The van der Waals surface area contributed by atoms with Crippen LogP contribution in [-0.4, -0.2) is 75.1 Å². The van der Waals surface area contributed by atoms with E-state index >= 15 is 0 Å². The van der Waals surface area contributed by atoms with Gasteiger partial charge in [-0.25, -0.2) is 0 Å². The topological polar surface area (TPSA) is 61.9 Å². The van der Waals surface area contributed by atoms with Gasteiger partial charge in [0.2, 0.25) is 12.8 Å². The number of ether oxygens (including phenoxy) is 1. The number of unbranched alkanes of at least 4 members (excludes halogenated alkanes) is 1. The predicted molar refractivity (Wildman–Crippen MR) is 137 cm³/mol. The Balaban J connectivity index is 0. The summed E-state index contributed by atoms with van der Waals surface area (Å²) < 4.78 is 5.15. The Kier molecular flexibility index (Phi) is 27.0. The molecule has 2 heterocycles. The van der Waals surface area contributed by atoms with E-state index in [4.69, 9.17) is 4.74 Å². The fraction of sp³-hybridized carbons (Fsp3) is 0.923. The van der Waals surface area contributed by atoms with Gasteiger partial charge in [0.05, 0.1) is 6.61 Å². The van der Waals surface area contributed by atoms with Crippen molar-refractivity contribution in [3.63, 3.8) is 0 Å². The zero-order valence-corrected chi connectivity index (χ0v) is 22.2. The maximum atomic E-state index is 10.3. The van der Waals surface area contributed by atoms with E-state index in [1.165, 1.54) is 58.2 Å². The lowest BCUT2D eigenvalue weighted by Gasteiger charge is -2.29. The molecule has 0 aromatic heterocycles. The lowest BCUT2D eigenvalue weighted by atomic mass is 9.95. The summed E-state index contributed by atoms with van der Waals surface area (Å²) in [7, 11) is 0. The van der Waals surface area contributed by atoms with E-state index in [1.807, 2.05) is 18.7 Å². The molecule has 6 heteroatoms. The van der Waals surface area contributed by atoms with Gasteiger partial charge in [-0.15, -0.1) is 0 Å². The molecule has 6 nitrogen and oxygen atoms in total. The van der Waals surface area contributed by atoms with Crippen LogP contribution in [0.15, 0.2) is 0 Å². The number of carbonyl (C=O) groups is 2. The van der Waals surface area contributed by atoms with E-state index in [1.54, 1.807) is 0 Å². The minimum Gasteiger partial charge on any atom is -0.380 e. The number of likely N-dealkylation sites (tertiary alicyclic amines) is 2. The van der Waals surface area contributed by atoms with Crippen molar-refractivity contribution in [2.45, 2.75) is 92.9 Å². The molecule has 2 aliphatic rings. The summed E-state index contributed by atoms with van der Waals surface area (Å²) in [6.07, 6.45) is 11.7. The fourth-order valence-corrected chi connectivity index (χ4v) is 3.61. The minimum atomic E-state index is 0.618. The summed E-state index contributed by atoms with van der Waals surface area (Å²) in [5.74, 6) is 1.85. The smallest absolute Gasteiger partial charge is 0.209 e. The quantitative estimate of drug-likeness (QED) is 0.351. The van der Waals surface area contributed by atoms with Gasteiger partial charge in [-0.3, -0.25) is 9.59 Å². The Morgan fingerprint density at radius 1 is 0.906 bits per heavy atom. The van der Waals surface area contributed by atoms with Gasteiger partial charge < -0.3 is 19.9 Å².